The summed E-state index contributed by atoms with van der Waals surface area (Å²) in [5.41, 5.74) is 1.07. The summed E-state index contributed by atoms with van der Waals surface area (Å²) in [6.07, 6.45) is 2.71. The predicted molar refractivity (Wildman–Crippen MR) is 118 cm³/mol. The lowest BCUT2D eigenvalue weighted by Crippen LogP contribution is -2.41. The second-order valence-corrected chi connectivity index (χ2v) is 8.64. The second kappa shape index (κ2) is 9.92. The van der Waals surface area contributed by atoms with Gasteiger partial charge in [-0.05, 0) is 42.7 Å². The minimum Gasteiger partial charge on any atom is -0.460 e. The first-order valence-corrected chi connectivity index (χ1v) is 10.6. The topological polar surface area (TPSA) is 103 Å². The summed E-state index contributed by atoms with van der Waals surface area (Å²) in [7, 11) is 0. The van der Waals surface area contributed by atoms with Gasteiger partial charge in [0.2, 0.25) is 12.3 Å². The van der Waals surface area contributed by atoms with Crippen LogP contribution in [-0.2, 0) is 6.42 Å². The molecular formula is C23H30FN5O2. The highest BCUT2D eigenvalue weighted by Crippen LogP contribution is 2.37. The summed E-state index contributed by atoms with van der Waals surface area (Å²) < 4.78 is 18.4. The summed E-state index contributed by atoms with van der Waals surface area (Å²) in [5.74, 6) is 1.42. The maximum absolute atomic E-state index is 13.2. The van der Waals surface area contributed by atoms with Gasteiger partial charge in [0.25, 0.3) is 0 Å². The fourth-order valence-electron chi connectivity index (χ4n) is 3.91. The first-order chi connectivity index (χ1) is 14.8. The quantitative estimate of drug-likeness (QED) is 0.584. The number of hydrogen-bond donors (Lipinski definition) is 3. The Morgan fingerprint density at radius 1 is 1.35 bits per heavy atom. The fourth-order valence-corrected chi connectivity index (χ4v) is 3.91. The average molecular weight is 428 g/mol. The largest absolute Gasteiger partial charge is 0.460 e. The Morgan fingerprint density at radius 2 is 2.13 bits per heavy atom. The van der Waals surface area contributed by atoms with Crippen LogP contribution >= 0.6 is 0 Å². The van der Waals surface area contributed by atoms with Gasteiger partial charge in [0.1, 0.15) is 23.2 Å². The summed E-state index contributed by atoms with van der Waals surface area (Å²) in [4.78, 5) is 8.73. The molecule has 7 nitrogen and oxygen atoms in total. The van der Waals surface area contributed by atoms with E-state index in [9.17, 15) is 14.8 Å². The summed E-state index contributed by atoms with van der Waals surface area (Å²) in [5, 5.41) is 26.1. The number of nitriles is 1. The third-order valence-corrected chi connectivity index (χ3v) is 5.65. The number of benzene rings is 1. The van der Waals surface area contributed by atoms with E-state index in [1.807, 2.05) is 18.2 Å². The Labute approximate surface area is 182 Å². The Hall–Kier alpha value is -2.92. The zero-order valence-corrected chi connectivity index (χ0v) is 18.2. The van der Waals surface area contributed by atoms with Crippen LogP contribution in [0.2, 0.25) is 0 Å². The van der Waals surface area contributed by atoms with Crippen molar-refractivity contribution in [2.45, 2.75) is 65.0 Å². The number of halogens is 1. The highest BCUT2D eigenvalue weighted by Gasteiger charge is 2.35. The zero-order valence-electron chi connectivity index (χ0n) is 18.2. The third kappa shape index (κ3) is 6.05. The molecule has 3 rings (SSSR count). The molecule has 1 aromatic heterocycles. The molecule has 0 bridgehead atoms. The Morgan fingerprint density at radius 3 is 2.84 bits per heavy atom. The summed E-state index contributed by atoms with van der Waals surface area (Å²) in [6, 6.07) is 9.59. The number of para-hydroxylation sites is 1. The maximum Gasteiger partial charge on any atom is 0.235 e. The molecule has 0 radical (unpaired) electrons. The van der Waals surface area contributed by atoms with E-state index in [1.165, 1.54) is 13.1 Å². The Bertz CT molecular complexity index is 928. The molecule has 3 atom stereocenters. The first-order valence-electron chi connectivity index (χ1n) is 10.6. The van der Waals surface area contributed by atoms with E-state index in [-0.39, 0.29) is 17.6 Å². The molecule has 1 saturated carbocycles. The smallest absolute Gasteiger partial charge is 0.235 e. The van der Waals surface area contributed by atoms with Gasteiger partial charge in [-0.3, -0.25) is 0 Å². The van der Waals surface area contributed by atoms with E-state index in [0.29, 0.717) is 42.5 Å². The first kappa shape index (κ1) is 22.8. The van der Waals surface area contributed by atoms with Crippen molar-refractivity contribution in [3.05, 3.63) is 41.6 Å². The number of alkyl halides is 1. The van der Waals surface area contributed by atoms with Crippen LogP contribution in [0.5, 0.6) is 5.75 Å². The highest BCUT2D eigenvalue weighted by molar-refractivity contribution is 5.54. The molecule has 31 heavy (non-hydrogen) atoms. The molecule has 1 aliphatic rings. The van der Waals surface area contributed by atoms with E-state index in [2.05, 4.69) is 40.5 Å². The minimum absolute atomic E-state index is 0.125. The van der Waals surface area contributed by atoms with E-state index in [0.717, 1.165) is 18.4 Å². The van der Waals surface area contributed by atoms with Crippen LogP contribution in [0, 0.1) is 16.7 Å². The fraction of sp³-hybridized carbons (Fsp3) is 0.522. The van der Waals surface area contributed by atoms with Gasteiger partial charge in [-0.1, -0.05) is 32.0 Å². The third-order valence-electron chi connectivity index (χ3n) is 5.65. The van der Waals surface area contributed by atoms with Crippen molar-refractivity contribution in [2.75, 3.05) is 17.2 Å². The number of aromatic nitrogens is 2. The van der Waals surface area contributed by atoms with Gasteiger partial charge < -0.3 is 20.5 Å². The molecule has 166 valence electrons. The number of nitrogens with one attached hydrogen (secondary N) is 2. The van der Waals surface area contributed by atoms with E-state index in [4.69, 9.17) is 4.74 Å². The van der Waals surface area contributed by atoms with Crippen LogP contribution in [-0.4, -0.2) is 40.1 Å². The molecule has 8 heteroatoms. The van der Waals surface area contributed by atoms with Crippen LogP contribution in [0.3, 0.4) is 0 Å². The van der Waals surface area contributed by atoms with E-state index >= 15 is 0 Å². The molecule has 0 spiro atoms. The van der Waals surface area contributed by atoms with Crippen molar-refractivity contribution in [3.8, 4) is 11.8 Å². The van der Waals surface area contributed by atoms with Crippen LogP contribution in [0.15, 0.2) is 30.5 Å². The number of rotatable bonds is 8. The number of ether oxygens (including phenoxy) is 1. The van der Waals surface area contributed by atoms with Crippen molar-refractivity contribution in [1.82, 2.24) is 9.97 Å². The van der Waals surface area contributed by atoms with Crippen molar-refractivity contribution in [1.29, 1.82) is 5.26 Å². The van der Waals surface area contributed by atoms with Gasteiger partial charge in [-0.2, -0.15) is 10.2 Å². The number of anilines is 2. The maximum atomic E-state index is 13.2. The standard InChI is InChI=1S/C23H30FN5O2/c1-15(24)31-19-7-5-4-6-16(19)10-11-26-22-27-14-17(13-25)21(29-22)28-18-8-9-20(30)23(2,3)12-18/h4-7,14-15,18,20,30H,8-12H2,1-3H3,(H2,26,27,28,29)/t15?,18-,20+/m1/s1. The zero-order chi connectivity index (χ0) is 22.4. The molecule has 1 unspecified atom stereocenters. The van der Waals surface area contributed by atoms with Gasteiger partial charge >= 0.3 is 0 Å². The molecule has 1 heterocycles. The lowest BCUT2D eigenvalue weighted by atomic mass is 9.73. The van der Waals surface area contributed by atoms with Crippen molar-refractivity contribution in [3.63, 3.8) is 0 Å². The molecule has 0 saturated heterocycles. The molecule has 2 aromatic rings. The second-order valence-electron chi connectivity index (χ2n) is 8.64. The lowest BCUT2D eigenvalue weighted by molar-refractivity contribution is 0.00926. The lowest BCUT2D eigenvalue weighted by Gasteiger charge is -2.40. The van der Waals surface area contributed by atoms with Crippen molar-refractivity contribution < 1.29 is 14.2 Å². The molecule has 3 N–H and O–H groups in total. The molecule has 0 amide bonds. The minimum atomic E-state index is -1.38. The van der Waals surface area contributed by atoms with Crippen LogP contribution < -0.4 is 15.4 Å². The molecule has 0 aliphatic heterocycles. The number of aliphatic hydroxyl groups excluding tert-OH is 1. The Balaban J connectivity index is 1.64. The normalized spacial score (nSPS) is 21.0. The average Bonchev–Trinajstić information content (AvgIpc) is 2.72. The van der Waals surface area contributed by atoms with Crippen molar-refractivity contribution in [2.24, 2.45) is 5.41 Å². The van der Waals surface area contributed by atoms with Gasteiger partial charge in [0, 0.05) is 19.5 Å². The highest BCUT2D eigenvalue weighted by atomic mass is 19.1. The Kier molecular flexibility index (Phi) is 7.29. The number of hydrogen-bond acceptors (Lipinski definition) is 7. The van der Waals surface area contributed by atoms with Crippen LogP contribution in [0.4, 0.5) is 16.2 Å². The van der Waals surface area contributed by atoms with E-state index < -0.39 is 6.36 Å². The molecule has 1 aliphatic carbocycles. The van der Waals surface area contributed by atoms with Gasteiger partial charge in [0.05, 0.1) is 12.3 Å². The van der Waals surface area contributed by atoms with Gasteiger partial charge in [-0.25, -0.2) is 9.37 Å². The SMILES string of the molecule is CC(F)Oc1ccccc1CCNc1ncc(C#N)c(N[C@@H]2CC[C@H](O)C(C)(C)C2)n1. The predicted octanol–water partition coefficient (Wildman–Crippen LogP) is 4.05. The van der Waals surface area contributed by atoms with Gasteiger partial charge in [-0.15, -0.1) is 0 Å². The number of aliphatic hydroxyl groups is 1. The number of nitrogens with zero attached hydrogens (tertiary/aromatic N) is 3. The monoisotopic (exact) mass is 427 g/mol. The molecular weight excluding hydrogens is 397 g/mol. The van der Waals surface area contributed by atoms with E-state index in [1.54, 1.807) is 6.07 Å². The summed E-state index contributed by atoms with van der Waals surface area (Å²) >= 11 is 0. The molecule has 1 fully saturated rings. The van der Waals surface area contributed by atoms with Crippen LogP contribution in [0.25, 0.3) is 0 Å². The summed E-state index contributed by atoms with van der Waals surface area (Å²) in [6.45, 7) is 5.97. The van der Waals surface area contributed by atoms with Gasteiger partial charge in [0.15, 0.2) is 0 Å². The van der Waals surface area contributed by atoms with Crippen molar-refractivity contribution >= 4 is 11.8 Å². The van der Waals surface area contributed by atoms with Crippen LogP contribution in [0.1, 0.15) is 51.2 Å². The molecule has 1 aromatic carbocycles.